The maximum Gasteiger partial charge on any atom is 0.234 e. The van der Waals surface area contributed by atoms with E-state index in [9.17, 15) is 18.0 Å². The molecule has 0 unspecified atom stereocenters. The molecular weight excluding hydrogens is 412 g/mol. The minimum Gasteiger partial charge on any atom is -0.494 e. The number of carbonyl (C=O) groups is 2. The van der Waals surface area contributed by atoms with Crippen LogP contribution in [0.1, 0.15) is 13.8 Å². The summed E-state index contributed by atoms with van der Waals surface area (Å²) in [5.41, 5.74) is 1.05. The van der Waals surface area contributed by atoms with Gasteiger partial charge < -0.3 is 15.4 Å². The lowest BCUT2D eigenvalue weighted by Gasteiger charge is -2.18. The van der Waals surface area contributed by atoms with Gasteiger partial charge in [0.2, 0.25) is 11.8 Å². The van der Waals surface area contributed by atoms with E-state index < -0.39 is 15.8 Å². The summed E-state index contributed by atoms with van der Waals surface area (Å²) in [6.45, 7) is 4.00. The summed E-state index contributed by atoms with van der Waals surface area (Å²) in [5.74, 6) is -0.650. The van der Waals surface area contributed by atoms with Crippen LogP contribution in [0.5, 0.6) is 5.75 Å². The van der Waals surface area contributed by atoms with Crippen molar-refractivity contribution in [2.75, 3.05) is 28.7 Å². The Bertz CT molecular complexity index is 1020. The molecule has 1 aliphatic heterocycles. The van der Waals surface area contributed by atoms with Crippen molar-refractivity contribution in [2.24, 2.45) is 5.92 Å². The second-order valence-corrected chi connectivity index (χ2v) is 9.68. The van der Waals surface area contributed by atoms with Gasteiger partial charge in [0.1, 0.15) is 5.75 Å². The molecule has 0 saturated heterocycles. The molecular formula is C20H22N2O5S2. The van der Waals surface area contributed by atoms with Crippen molar-refractivity contribution in [3.63, 3.8) is 0 Å². The van der Waals surface area contributed by atoms with E-state index in [1.165, 1.54) is 23.9 Å². The number of benzene rings is 2. The number of sulfone groups is 1. The topological polar surface area (TPSA) is 102 Å². The van der Waals surface area contributed by atoms with Crippen molar-refractivity contribution in [2.45, 2.75) is 23.6 Å². The predicted molar refractivity (Wildman–Crippen MR) is 113 cm³/mol. The number of hydrogen-bond donors (Lipinski definition) is 2. The third-order valence-electron chi connectivity index (χ3n) is 4.29. The molecule has 0 aliphatic carbocycles. The molecule has 2 amide bonds. The monoisotopic (exact) mass is 434 g/mol. The van der Waals surface area contributed by atoms with Crippen molar-refractivity contribution in [3.05, 3.63) is 42.5 Å². The van der Waals surface area contributed by atoms with E-state index in [2.05, 4.69) is 10.6 Å². The minimum atomic E-state index is -3.70. The Morgan fingerprint density at radius 3 is 2.66 bits per heavy atom. The van der Waals surface area contributed by atoms with Crippen LogP contribution in [0.15, 0.2) is 52.3 Å². The van der Waals surface area contributed by atoms with Gasteiger partial charge in [-0.25, -0.2) is 8.42 Å². The van der Waals surface area contributed by atoms with Crippen LogP contribution in [0.25, 0.3) is 0 Å². The maximum atomic E-state index is 12.8. The van der Waals surface area contributed by atoms with Gasteiger partial charge in [-0.2, -0.15) is 0 Å². The maximum absolute atomic E-state index is 12.8. The second kappa shape index (κ2) is 8.87. The smallest absolute Gasteiger partial charge is 0.234 e. The summed E-state index contributed by atoms with van der Waals surface area (Å²) in [6, 6.07) is 11.5. The van der Waals surface area contributed by atoms with E-state index in [1.54, 1.807) is 37.3 Å². The minimum absolute atomic E-state index is 0.0831. The first-order chi connectivity index (χ1) is 13.8. The first-order valence-corrected chi connectivity index (χ1v) is 11.8. The summed E-state index contributed by atoms with van der Waals surface area (Å²) < 4.78 is 30.9. The first-order valence-electron chi connectivity index (χ1n) is 9.11. The van der Waals surface area contributed by atoms with Gasteiger partial charge in [-0.15, -0.1) is 11.8 Å². The molecule has 0 fully saturated rings. The van der Waals surface area contributed by atoms with E-state index in [-0.39, 0.29) is 22.5 Å². The summed E-state index contributed by atoms with van der Waals surface area (Å²) in [7, 11) is -3.70. The van der Waals surface area contributed by atoms with Crippen LogP contribution in [-0.2, 0) is 19.4 Å². The molecule has 1 aliphatic rings. The fourth-order valence-electron chi connectivity index (χ4n) is 2.82. The van der Waals surface area contributed by atoms with Gasteiger partial charge >= 0.3 is 0 Å². The molecule has 7 nitrogen and oxygen atoms in total. The largest absolute Gasteiger partial charge is 0.494 e. The zero-order valence-corrected chi connectivity index (χ0v) is 17.7. The fourth-order valence-corrected chi connectivity index (χ4v) is 5.19. The Morgan fingerprint density at radius 1 is 1.24 bits per heavy atom. The molecule has 2 aromatic rings. The number of rotatable bonds is 7. The number of amides is 2. The summed E-state index contributed by atoms with van der Waals surface area (Å²) >= 11 is 1.36. The number of thioether (sulfide) groups is 1. The van der Waals surface area contributed by atoms with Gasteiger partial charge in [-0.1, -0.05) is 6.92 Å². The Kier molecular flexibility index (Phi) is 6.49. The van der Waals surface area contributed by atoms with Crippen molar-refractivity contribution in [1.29, 1.82) is 0 Å². The van der Waals surface area contributed by atoms with Crippen LogP contribution in [0.2, 0.25) is 0 Å². The normalized spacial score (nSPS) is 14.5. The van der Waals surface area contributed by atoms with E-state index in [0.717, 1.165) is 4.90 Å². The average Bonchev–Trinajstić information content (AvgIpc) is 2.68. The van der Waals surface area contributed by atoms with E-state index in [4.69, 9.17) is 4.74 Å². The number of hydrogen-bond acceptors (Lipinski definition) is 6. The van der Waals surface area contributed by atoms with Crippen LogP contribution in [0.3, 0.4) is 0 Å². The summed E-state index contributed by atoms with van der Waals surface area (Å²) in [6.07, 6.45) is 0. The molecule has 1 heterocycles. The molecule has 0 bridgehead atoms. The Labute approximate surface area is 174 Å². The van der Waals surface area contributed by atoms with Crippen LogP contribution in [0.4, 0.5) is 11.4 Å². The average molecular weight is 435 g/mol. The number of ether oxygens (including phenoxy) is 1. The lowest BCUT2D eigenvalue weighted by atomic mass is 10.2. The first kappa shape index (κ1) is 21.2. The number of carbonyl (C=O) groups excluding carboxylic acids is 2. The van der Waals surface area contributed by atoms with Crippen molar-refractivity contribution < 1.29 is 22.7 Å². The van der Waals surface area contributed by atoms with Gasteiger partial charge in [0.15, 0.2) is 9.84 Å². The predicted octanol–water partition coefficient (Wildman–Crippen LogP) is 3.18. The SMILES string of the molecule is CCOc1ccc(NC(=O)[C@@H](C)CS(=O)(=O)c2ccc3c(c2)NC(=O)CS3)cc1. The van der Waals surface area contributed by atoms with Gasteiger partial charge in [0.25, 0.3) is 0 Å². The zero-order chi connectivity index (χ0) is 21.0. The Morgan fingerprint density at radius 2 is 1.97 bits per heavy atom. The lowest BCUT2D eigenvalue weighted by molar-refractivity contribution is -0.118. The summed E-state index contributed by atoms with van der Waals surface area (Å²) in [4.78, 5) is 24.9. The van der Waals surface area contributed by atoms with Gasteiger partial charge in [-0.05, 0) is 49.4 Å². The molecule has 1 atom stereocenters. The molecule has 3 rings (SSSR count). The standard InChI is InChI=1S/C20H22N2O5S2/c1-3-27-15-6-4-14(5-7-15)21-20(24)13(2)12-29(25,26)16-8-9-18-17(10-16)22-19(23)11-28-18/h4-10,13H,3,11-12H2,1-2H3,(H,21,24)(H,22,23)/t13-/m0/s1. The van der Waals surface area contributed by atoms with Crippen LogP contribution >= 0.6 is 11.8 Å². The van der Waals surface area contributed by atoms with Crippen LogP contribution in [-0.4, -0.2) is 38.3 Å². The van der Waals surface area contributed by atoms with E-state index >= 15 is 0 Å². The number of nitrogens with one attached hydrogen (secondary N) is 2. The Balaban J connectivity index is 1.67. The fraction of sp³-hybridized carbons (Fsp3) is 0.300. The van der Waals surface area contributed by atoms with Crippen LogP contribution in [0, 0.1) is 5.92 Å². The van der Waals surface area contributed by atoms with E-state index in [0.29, 0.717) is 29.5 Å². The lowest BCUT2D eigenvalue weighted by Crippen LogP contribution is -2.27. The van der Waals surface area contributed by atoms with Gasteiger partial charge in [0.05, 0.1) is 28.7 Å². The quantitative estimate of drug-likeness (QED) is 0.694. The number of fused-ring (bicyclic) bond motifs is 1. The number of anilines is 2. The summed E-state index contributed by atoms with van der Waals surface area (Å²) in [5, 5.41) is 5.40. The molecule has 2 N–H and O–H groups in total. The molecule has 154 valence electrons. The van der Waals surface area contributed by atoms with Crippen molar-refractivity contribution >= 4 is 44.8 Å². The molecule has 2 aromatic carbocycles. The molecule has 9 heteroatoms. The molecule has 0 aromatic heterocycles. The molecule has 0 spiro atoms. The van der Waals surface area contributed by atoms with E-state index in [1.807, 2.05) is 6.92 Å². The van der Waals surface area contributed by atoms with Crippen LogP contribution < -0.4 is 15.4 Å². The third-order valence-corrected chi connectivity index (χ3v) is 7.28. The highest BCUT2D eigenvalue weighted by Crippen LogP contribution is 2.33. The van der Waals surface area contributed by atoms with Crippen molar-refractivity contribution in [1.82, 2.24) is 0 Å². The molecule has 0 radical (unpaired) electrons. The highest BCUT2D eigenvalue weighted by molar-refractivity contribution is 8.00. The highest BCUT2D eigenvalue weighted by Gasteiger charge is 2.25. The third kappa shape index (κ3) is 5.30. The van der Waals surface area contributed by atoms with Crippen molar-refractivity contribution in [3.8, 4) is 5.75 Å². The zero-order valence-electron chi connectivity index (χ0n) is 16.1. The highest BCUT2D eigenvalue weighted by atomic mass is 32.2. The molecule has 0 saturated carbocycles. The molecule has 29 heavy (non-hydrogen) atoms. The Hall–Kier alpha value is -2.52. The second-order valence-electron chi connectivity index (χ2n) is 6.62. The van der Waals surface area contributed by atoms with Gasteiger partial charge in [-0.3, -0.25) is 9.59 Å². The van der Waals surface area contributed by atoms with Gasteiger partial charge in [0, 0.05) is 16.5 Å².